The van der Waals surface area contributed by atoms with Gasteiger partial charge >= 0.3 is 6.09 Å². The Kier molecular flexibility index (Phi) is 11.2. The highest BCUT2D eigenvalue weighted by atomic mass is 32.2. The van der Waals surface area contributed by atoms with Gasteiger partial charge in [-0.2, -0.15) is 0 Å². The Bertz CT molecular complexity index is 1180. The number of hydrogen-bond donors (Lipinski definition) is 3. The first-order valence-electron chi connectivity index (χ1n) is 13.5. The average molecular weight is 572 g/mol. The average Bonchev–Trinajstić information content (AvgIpc) is 3.03. The number of rotatable bonds is 11. The van der Waals surface area contributed by atoms with Gasteiger partial charge in [0.2, 0.25) is 0 Å². The van der Waals surface area contributed by atoms with Crippen LogP contribution in [0.3, 0.4) is 0 Å². The number of amidine groups is 1. The van der Waals surface area contributed by atoms with Gasteiger partial charge in [0, 0.05) is 67.6 Å². The summed E-state index contributed by atoms with van der Waals surface area (Å²) in [5, 5.41) is 4.20. The van der Waals surface area contributed by atoms with Gasteiger partial charge in [-0.3, -0.25) is 9.63 Å². The van der Waals surface area contributed by atoms with E-state index in [1.807, 2.05) is 58.9 Å². The number of aliphatic imine (C=N–C) groups is 1. The number of fused-ring (bicyclic) bond motifs is 1. The fourth-order valence-corrected chi connectivity index (χ4v) is 4.92. The fraction of sp³-hybridized carbons (Fsp3) is 0.500. The minimum Gasteiger partial charge on any atom is -0.444 e. The number of nitrogens with one attached hydrogen (secondary N) is 1. The lowest BCUT2D eigenvalue weighted by Crippen LogP contribution is -2.48. The Labute approximate surface area is 241 Å². The van der Waals surface area contributed by atoms with Crippen molar-refractivity contribution in [3.05, 3.63) is 41.1 Å². The van der Waals surface area contributed by atoms with Gasteiger partial charge in [0.15, 0.2) is 0 Å². The number of allylic oxidation sites excluding steroid dienone is 1. The second kappa shape index (κ2) is 14.3. The monoisotopic (exact) mass is 571 g/mol. The Balaban J connectivity index is 1.59. The lowest BCUT2D eigenvalue weighted by atomic mass is 10.0. The van der Waals surface area contributed by atoms with Crippen molar-refractivity contribution in [2.45, 2.75) is 53.1 Å². The molecule has 1 aromatic carbocycles. The molecule has 12 heteroatoms. The maximum atomic E-state index is 13.1. The zero-order valence-electron chi connectivity index (χ0n) is 24.0. The molecule has 0 saturated carbocycles. The molecule has 1 saturated heterocycles. The lowest BCUT2D eigenvalue weighted by molar-refractivity contribution is -0.180. The lowest BCUT2D eigenvalue weighted by Gasteiger charge is -2.36. The van der Waals surface area contributed by atoms with Crippen molar-refractivity contribution in [1.29, 1.82) is 0 Å². The summed E-state index contributed by atoms with van der Waals surface area (Å²) >= 11 is 1.35. The predicted molar refractivity (Wildman–Crippen MR) is 161 cm³/mol. The second-order valence-corrected chi connectivity index (χ2v) is 11.5. The van der Waals surface area contributed by atoms with Gasteiger partial charge in [0.1, 0.15) is 11.4 Å². The van der Waals surface area contributed by atoms with E-state index in [0.717, 1.165) is 36.2 Å². The molecule has 2 heterocycles. The summed E-state index contributed by atoms with van der Waals surface area (Å²) in [6.07, 6.45) is 5.63. The zero-order valence-corrected chi connectivity index (χ0v) is 24.8. The van der Waals surface area contributed by atoms with Crippen molar-refractivity contribution >= 4 is 53.5 Å². The molecule has 0 aromatic heterocycles. The summed E-state index contributed by atoms with van der Waals surface area (Å²) in [6.45, 7) is 12.4. The van der Waals surface area contributed by atoms with Crippen molar-refractivity contribution in [1.82, 2.24) is 14.7 Å². The molecule has 40 heavy (non-hydrogen) atoms. The molecule has 11 nitrogen and oxygen atoms in total. The molecule has 0 atom stereocenters. The molecule has 1 aromatic rings. The molecular formula is C28H41N7O4S. The number of carbonyl (C=O) groups excluding carboxylic acids is 2. The van der Waals surface area contributed by atoms with Crippen molar-refractivity contribution in [2.24, 2.45) is 26.8 Å². The number of nitrogens with zero attached hydrogens (tertiary/aromatic N) is 4. The fourth-order valence-electron chi connectivity index (χ4n) is 4.07. The standard InChI is InChI=1S/C28H41N7O4S/c1-6-10-35(38-7-2)26(36)22-11-21-9-8-20(12-24(21)33-25(30)13-22)23(14-29)16-32-40-34-17-19(18-34)15-31-27(37)39-28(3,4)5/h8-9,11-12,14,16,19H,6-7,10,13,15,17-18,29H2,1-5H3,(H2,30,33)(H,31,37)/b23-14+,32-16+. The largest absolute Gasteiger partial charge is 0.444 e. The van der Waals surface area contributed by atoms with Crippen LogP contribution in [0.25, 0.3) is 11.6 Å². The number of hydrogen-bond acceptors (Lipinski definition) is 10. The molecule has 0 aliphatic carbocycles. The van der Waals surface area contributed by atoms with E-state index < -0.39 is 11.7 Å². The number of amides is 2. The van der Waals surface area contributed by atoms with Crippen LogP contribution in [0.2, 0.25) is 0 Å². The van der Waals surface area contributed by atoms with Crippen LogP contribution in [0, 0.1) is 5.92 Å². The first-order valence-corrected chi connectivity index (χ1v) is 14.2. The van der Waals surface area contributed by atoms with E-state index in [4.69, 9.17) is 21.0 Å². The van der Waals surface area contributed by atoms with E-state index in [2.05, 4.69) is 19.0 Å². The highest BCUT2D eigenvalue weighted by Crippen LogP contribution is 2.31. The molecule has 3 rings (SSSR count). The zero-order chi connectivity index (χ0) is 29.3. The first-order chi connectivity index (χ1) is 19.0. The molecule has 0 unspecified atom stereocenters. The Morgan fingerprint density at radius 2 is 2.05 bits per heavy atom. The van der Waals surface area contributed by atoms with Crippen molar-refractivity contribution < 1.29 is 19.2 Å². The number of carbonyl (C=O) groups is 2. The van der Waals surface area contributed by atoms with Crippen LogP contribution in [0.5, 0.6) is 0 Å². The molecule has 0 spiro atoms. The van der Waals surface area contributed by atoms with Crippen LogP contribution in [-0.2, 0) is 14.4 Å². The third-order valence-electron chi connectivity index (χ3n) is 5.93. The number of alkyl carbamates (subject to hydrolysis) is 1. The van der Waals surface area contributed by atoms with Crippen molar-refractivity contribution in [2.75, 3.05) is 32.8 Å². The molecule has 2 amide bonds. The van der Waals surface area contributed by atoms with E-state index >= 15 is 0 Å². The van der Waals surface area contributed by atoms with Gasteiger partial charge in [-0.25, -0.2) is 23.6 Å². The smallest absolute Gasteiger partial charge is 0.407 e. The third-order valence-corrected chi connectivity index (χ3v) is 6.66. The molecule has 1 fully saturated rings. The Morgan fingerprint density at radius 1 is 1.30 bits per heavy atom. The highest BCUT2D eigenvalue weighted by Gasteiger charge is 2.28. The van der Waals surface area contributed by atoms with E-state index in [0.29, 0.717) is 42.7 Å². The minimum atomic E-state index is -0.511. The van der Waals surface area contributed by atoms with Crippen molar-refractivity contribution in [3.63, 3.8) is 0 Å². The molecule has 0 bridgehead atoms. The summed E-state index contributed by atoms with van der Waals surface area (Å²) in [5.41, 5.74) is 15.1. The van der Waals surface area contributed by atoms with E-state index in [9.17, 15) is 9.59 Å². The summed E-state index contributed by atoms with van der Waals surface area (Å²) in [6, 6.07) is 5.70. The summed E-state index contributed by atoms with van der Waals surface area (Å²) < 4.78 is 11.8. The molecule has 0 radical (unpaired) electrons. The summed E-state index contributed by atoms with van der Waals surface area (Å²) in [5.74, 6) is 0.485. The van der Waals surface area contributed by atoms with Crippen LogP contribution in [-0.4, -0.2) is 71.8 Å². The van der Waals surface area contributed by atoms with Crippen LogP contribution in [0.1, 0.15) is 58.6 Å². The predicted octanol–water partition coefficient (Wildman–Crippen LogP) is 4.04. The SMILES string of the molecule is CCCN(OCC)C(=O)C1=Cc2ccc(C(=C/N)/C=N/SN3CC(CNC(=O)OC(C)(C)C)C3)cc2N=C(N)C1. The van der Waals surface area contributed by atoms with Gasteiger partial charge < -0.3 is 21.5 Å². The van der Waals surface area contributed by atoms with Gasteiger partial charge in [-0.1, -0.05) is 19.1 Å². The third kappa shape index (κ3) is 9.10. The highest BCUT2D eigenvalue weighted by molar-refractivity contribution is 7.95. The molecule has 2 aliphatic heterocycles. The number of hydroxylamine groups is 2. The van der Waals surface area contributed by atoms with Crippen molar-refractivity contribution in [3.8, 4) is 0 Å². The van der Waals surface area contributed by atoms with Crippen LogP contribution < -0.4 is 16.8 Å². The van der Waals surface area contributed by atoms with Gasteiger partial charge in [-0.05, 0) is 51.8 Å². The second-order valence-electron chi connectivity index (χ2n) is 10.6. The molecule has 5 N–H and O–H groups in total. The maximum absolute atomic E-state index is 13.1. The first kappa shape index (κ1) is 31.2. The molecular weight excluding hydrogens is 530 g/mol. The maximum Gasteiger partial charge on any atom is 0.407 e. The van der Waals surface area contributed by atoms with E-state index in [1.54, 1.807) is 6.21 Å². The normalized spacial score (nSPS) is 16.5. The van der Waals surface area contributed by atoms with Crippen LogP contribution in [0.4, 0.5) is 10.5 Å². The quantitative estimate of drug-likeness (QED) is 0.205. The van der Waals surface area contributed by atoms with Gasteiger partial charge in [0.05, 0.1) is 24.4 Å². The van der Waals surface area contributed by atoms with E-state index in [-0.39, 0.29) is 12.3 Å². The van der Waals surface area contributed by atoms with Gasteiger partial charge in [0.25, 0.3) is 5.91 Å². The number of nitrogens with two attached hydrogens (primary N) is 2. The van der Waals surface area contributed by atoms with E-state index in [1.165, 1.54) is 23.4 Å². The minimum absolute atomic E-state index is 0.209. The Hall–Kier alpha value is -3.35. The van der Waals surface area contributed by atoms with Crippen LogP contribution >= 0.6 is 12.1 Å². The Morgan fingerprint density at radius 3 is 2.70 bits per heavy atom. The topological polar surface area (TPSA) is 148 Å². The molecule has 218 valence electrons. The summed E-state index contributed by atoms with van der Waals surface area (Å²) in [7, 11) is 0. The number of ether oxygens (including phenoxy) is 1. The summed E-state index contributed by atoms with van der Waals surface area (Å²) in [4.78, 5) is 35.0. The molecule has 2 aliphatic rings. The van der Waals surface area contributed by atoms with Gasteiger partial charge in [-0.15, -0.1) is 0 Å². The number of benzene rings is 1. The van der Waals surface area contributed by atoms with Crippen LogP contribution in [0.15, 0.2) is 39.4 Å².